The van der Waals surface area contributed by atoms with E-state index in [2.05, 4.69) is 128 Å². The lowest BCUT2D eigenvalue weighted by Crippen LogP contribution is -2.25. The molecule has 0 aliphatic carbocycles. The number of aliphatic hydroxyl groups excluding tert-OH is 1. The number of aryl methyl sites for hydroxylation is 3. The molecule has 1 atom stereocenters. The molecule has 0 fully saturated rings. The highest BCUT2D eigenvalue weighted by Crippen LogP contribution is 2.42. The first-order valence-corrected chi connectivity index (χ1v) is 12.2. The quantitative estimate of drug-likeness (QED) is 0.266. The molecule has 1 aromatic heterocycles. The number of aromatic nitrogens is 1. The van der Waals surface area contributed by atoms with Gasteiger partial charge >= 0.3 is 0 Å². The van der Waals surface area contributed by atoms with E-state index in [-0.39, 0.29) is 0 Å². The molecule has 0 unspecified atom stereocenters. The van der Waals surface area contributed by atoms with Crippen LogP contribution in [0.2, 0.25) is 0 Å². The number of aliphatic hydroxyl groups is 1. The SMILES string of the molecule is Cc1ccc(NC[C@H](O)Cn2c(-c3ccccc3)c(-c3ccccc3)c3cc(C)cc(C)c32)cc1. The molecule has 0 spiro atoms. The molecule has 0 aliphatic rings. The largest absolute Gasteiger partial charge is 0.389 e. The second-order valence-electron chi connectivity index (χ2n) is 9.44. The van der Waals surface area contributed by atoms with Crippen molar-refractivity contribution in [3.63, 3.8) is 0 Å². The molecule has 2 N–H and O–H groups in total. The molecule has 4 aromatic carbocycles. The Morgan fingerprint density at radius 3 is 2.03 bits per heavy atom. The van der Waals surface area contributed by atoms with E-state index in [1.807, 2.05) is 0 Å². The van der Waals surface area contributed by atoms with Gasteiger partial charge in [0.1, 0.15) is 0 Å². The van der Waals surface area contributed by atoms with Gasteiger partial charge in [-0.15, -0.1) is 0 Å². The molecule has 0 saturated carbocycles. The summed E-state index contributed by atoms with van der Waals surface area (Å²) >= 11 is 0. The Morgan fingerprint density at radius 1 is 0.743 bits per heavy atom. The number of anilines is 1. The number of nitrogens with zero attached hydrogens (tertiary/aromatic N) is 1. The van der Waals surface area contributed by atoms with Gasteiger partial charge in [0, 0.05) is 23.2 Å². The number of benzene rings is 4. The molecule has 5 rings (SSSR count). The Balaban J connectivity index is 1.64. The van der Waals surface area contributed by atoms with Gasteiger partial charge < -0.3 is 15.0 Å². The van der Waals surface area contributed by atoms with Crippen molar-refractivity contribution in [1.29, 1.82) is 0 Å². The molecule has 3 heteroatoms. The Morgan fingerprint density at radius 2 is 1.37 bits per heavy atom. The number of rotatable bonds is 7. The van der Waals surface area contributed by atoms with Crippen LogP contribution >= 0.6 is 0 Å². The highest BCUT2D eigenvalue weighted by molar-refractivity contribution is 6.06. The van der Waals surface area contributed by atoms with Gasteiger partial charge in [-0.25, -0.2) is 0 Å². The summed E-state index contributed by atoms with van der Waals surface area (Å²) in [5.74, 6) is 0. The molecule has 35 heavy (non-hydrogen) atoms. The molecular formula is C32H32N2O. The standard InChI is InChI=1S/C32H32N2O/c1-22-14-16-27(17-15-22)33-20-28(35)21-34-31-24(3)18-23(2)19-29(31)30(25-10-6-4-7-11-25)32(34)26-12-8-5-9-13-26/h4-19,28,33,35H,20-21H2,1-3H3/t28-/m0/s1. The second kappa shape index (κ2) is 9.81. The Kier molecular flexibility index (Phi) is 6.43. The zero-order valence-corrected chi connectivity index (χ0v) is 20.6. The lowest BCUT2D eigenvalue weighted by atomic mass is 9.97. The molecule has 0 bridgehead atoms. The van der Waals surface area contributed by atoms with E-state index in [0.29, 0.717) is 13.1 Å². The fourth-order valence-corrected chi connectivity index (χ4v) is 5.04. The first kappa shape index (κ1) is 22.9. The van der Waals surface area contributed by atoms with E-state index in [0.717, 1.165) is 16.9 Å². The van der Waals surface area contributed by atoms with Crippen LogP contribution in [0, 0.1) is 20.8 Å². The summed E-state index contributed by atoms with van der Waals surface area (Å²) in [6.45, 7) is 7.38. The fourth-order valence-electron chi connectivity index (χ4n) is 5.04. The molecular weight excluding hydrogens is 428 g/mol. The van der Waals surface area contributed by atoms with E-state index >= 15 is 0 Å². The van der Waals surface area contributed by atoms with Gasteiger partial charge in [-0.2, -0.15) is 0 Å². The average molecular weight is 461 g/mol. The van der Waals surface area contributed by atoms with Crippen molar-refractivity contribution in [3.8, 4) is 22.4 Å². The lowest BCUT2D eigenvalue weighted by Gasteiger charge is -2.19. The van der Waals surface area contributed by atoms with E-state index in [9.17, 15) is 5.11 Å². The van der Waals surface area contributed by atoms with Gasteiger partial charge in [0.2, 0.25) is 0 Å². The van der Waals surface area contributed by atoms with Crippen molar-refractivity contribution in [2.45, 2.75) is 33.4 Å². The highest BCUT2D eigenvalue weighted by atomic mass is 16.3. The molecule has 176 valence electrons. The maximum Gasteiger partial charge on any atom is 0.0891 e. The zero-order chi connectivity index (χ0) is 24.4. The maximum absolute atomic E-state index is 11.2. The van der Waals surface area contributed by atoms with Crippen molar-refractivity contribution in [1.82, 2.24) is 4.57 Å². The van der Waals surface area contributed by atoms with Crippen LogP contribution in [-0.2, 0) is 6.54 Å². The summed E-state index contributed by atoms with van der Waals surface area (Å²) in [4.78, 5) is 0. The molecule has 0 aliphatic heterocycles. The van der Waals surface area contributed by atoms with Crippen LogP contribution in [0.15, 0.2) is 97.1 Å². The predicted molar refractivity (Wildman–Crippen MR) is 148 cm³/mol. The zero-order valence-electron chi connectivity index (χ0n) is 20.6. The van der Waals surface area contributed by atoms with Crippen LogP contribution in [0.25, 0.3) is 33.3 Å². The minimum Gasteiger partial charge on any atom is -0.389 e. The Hall–Kier alpha value is -3.82. The molecule has 1 heterocycles. The summed E-state index contributed by atoms with van der Waals surface area (Å²) in [5, 5.41) is 15.8. The van der Waals surface area contributed by atoms with Crippen LogP contribution in [-0.4, -0.2) is 22.3 Å². The first-order valence-electron chi connectivity index (χ1n) is 12.2. The number of fused-ring (bicyclic) bond motifs is 1. The van der Waals surface area contributed by atoms with Crippen LogP contribution in [0.4, 0.5) is 5.69 Å². The molecule has 5 aromatic rings. The molecule has 0 radical (unpaired) electrons. The smallest absolute Gasteiger partial charge is 0.0891 e. The van der Waals surface area contributed by atoms with Crippen LogP contribution in [0.1, 0.15) is 16.7 Å². The normalized spacial score (nSPS) is 12.1. The van der Waals surface area contributed by atoms with Gasteiger partial charge in [0.25, 0.3) is 0 Å². The van der Waals surface area contributed by atoms with Crippen LogP contribution in [0.3, 0.4) is 0 Å². The topological polar surface area (TPSA) is 37.2 Å². The highest BCUT2D eigenvalue weighted by Gasteiger charge is 2.23. The second-order valence-corrected chi connectivity index (χ2v) is 9.44. The summed E-state index contributed by atoms with van der Waals surface area (Å²) in [5.41, 5.74) is 10.6. The minimum absolute atomic E-state index is 0.475. The third-order valence-corrected chi connectivity index (χ3v) is 6.59. The van der Waals surface area contributed by atoms with Crippen molar-refractivity contribution < 1.29 is 5.11 Å². The van der Waals surface area contributed by atoms with Gasteiger partial charge in [-0.3, -0.25) is 0 Å². The lowest BCUT2D eigenvalue weighted by molar-refractivity contribution is 0.169. The predicted octanol–water partition coefficient (Wildman–Crippen LogP) is 7.37. The van der Waals surface area contributed by atoms with Gasteiger partial charge in [0.15, 0.2) is 0 Å². The summed E-state index contributed by atoms with van der Waals surface area (Å²) in [7, 11) is 0. The number of hydrogen-bond acceptors (Lipinski definition) is 2. The average Bonchev–Trinajstić information content (AvgIpc) is 3.18. The summed E-state index contributed by atoms with van der Waals surface area (Å²) < 4.78 is 2.32. The summed E-state index contributed by atoms with van der Waals surface area (Å²) in [6.07, 6.45) is -0.557. The van der Waals surface area contributed by atoms with Crippen molar-refractivity contribution in [2.75, 3.05) is 11.9 Å². The summed E-state index contributed by atoms with van der Waals surface area (Å²) in [6, 6.07) is 33.9. The third kappa shape index (κ3) is 4.73. The third-order valence-electron chi connectivity index (χ3n) is 6.59. The van der Waals surface area contributed by atoms with E-state index in [1.165, 1.54) is 38.7 Å². The van der Waals surface area contributed by atoms with E-state index < -0.39 is 6.10 Å². The first-order chi connectivity index (χ1) is 17.0. The Bertz CT molecular complexity index is 1430. The van der Waals surface area contributed by atoms with Gasteiger partial charge in [0.05, 0.1) is 23.9 Å². The maximum atomic E-state index is 11.2. The van der Waals surface area contributed by atoms with Crippen LogP contribution < -0.4 is 5.32 Å². The number of nitrogens with one attached hydrogen (secondary N) is 1. The van der Waals surface area contributed by atoms with Crippen molar-refractivity contribution in [2.24, 2.45) is 0 Å². The monoisotopic (exact) mass is 460 g/mol. The van der Waals surface area contributed by atoms with E-state index in [4.69, 9.17) is 0 Å². The number of hydrogen-bond donors (Lipinski definition) is 2. The fraction of sp³-hybridized carbons (Fsp3) is 0.188. The van der Waals surface area contributed by atoms with Crippen LogP contribution in [0.5, 0.6) is 0 Å². The van der Waals surface area contributed by atoms with Gasteiger partial charge in [-0.1, -0.05) is 90.0 Å². The Labute approximate surface area is 207 Å². The van der Waals surface area contributed by atoms with E-state index in [1.54, 1.807) is 0 Å². The molecule has 3 nitrogen and oxygen atoms in total. The molecule has 0 amide bonds. The minimum atomic E-state index is -0.557. The van der Waals surface area contributed by atoms with Crippen molar-refractivity contribution >= 4 is 16.6 Å². The van der Waals surface area contributed by atoms with Crippen molar-refractivity contribution in [3.05, 3.63) is 114 Å². The molecule has 0 saturated heterocycles. The van der Waals surface area contributed by atoms with Gasteiger partial charge in [-0.05, 0) is 55.7 Å².